The van der Waals surface area contributed by atoms with Crippen molar-refractivity contribution < 1.29 is 9.59 Å². The van der Waals surface area contributed by atoms with Crippen molar-refractivity contribution in [2.45, 2.75) is 45.1 Å². The molecule has 0 atom stereocenters. The van der Waals surface area contributed by atoms with Crippen LogP contribution in [0.5, 0.6) is 0 Å². The number of benzene rings is 3. The number of piperidine rings is 1. The molecule has 5 heteroatoms. The standard InChI is InChI=1S/C30H33N3O2/c1-32-28-20-26(15-13-23(28)11-8-12-29(32)34)31-30(35)24-14-16-27(22-9-4-2-5-10-22)25(19-24)21-33-17-6-3-7-18-33/h2,4-5,9-10,13-16,19-20H,3,6-8,11-12,17-18,21H2,1H3,(H,31,35). The minimum atomic E-state index is -0.132. The Hall–Kier alpha value is -3.44. The minimum absolute atomic E-state index is 0.117. The van der Waals surface area contributed by atoms with E-state index < -0.39 is 0 Å². The molecule has 0 aliphatic carbocycles. The van der Waals surface area contributed by atoms with Crippen molar-refractivity contribution in [1.82, 2.24) is 4.90 Å². The second kappa shape index (κ2) is 10.4. The highest BCUT2D eigenvalue weighted by atomic mass is 16.2. The first-order valence-corrected chi connectivity index (χ1v) is 12.7. The third-order valence-corrected chi connectivity index (χ3v) is 7.21. The van der Waals surface area contributed by atoms with Crippen LogP contribution in [0.2, 0.25) is 0 Å². The summed E-state index contributed by atoms with van der Waals surface area (Å²) in [6, 6.07) is 22.3. The Labute approximate surface area is 207 Å². The van der Waals surface area contributed by atoms with Gasteiger partial charge in [0.15, 0.2) is 0 Å². The van der Waals surface area contributed by atoms with Gasteiger partial charge in [-0.3, -0.25) is 14.5 Å². The molecule has 180 valence electrons. The number of likely N-dealkylation sites (tertiary alicyclic amines) is 1. The van der Waals surface area contributed by atoms with Crippen LogP contribution >= 0.6 is 0 Å². The molecule has 0 unspecified atom stereocenters. The topological polar surface area (TPSA) is 52.7 Å². The van der Waals surface area contributed by atoms with Gasteiger partial charge in [-0.05, 0) is 85.3 Å². The normalized spacial score (nSPS) is 16.5. The largest absolute Gasteiger partial charge is 0.322 e. The van der Waals surface area contributed by atoms with Crippen molar-refractivity contribution >= 4 is 23.2 Å². The van der Waals surface area contributed by atoms with Gasteiger partial charge in [-0.2, -0.15) is 0 Å². The van der Waals surface area contributed by atoms with Crippen LogP contribution in [-0.2, 0) is 17.8 Å². The molecule has 1 saturated heterocycles. The molecule has 2 aliphatic rings. The predicted molar refractivity (Wildman–Crippen MR) is 142 cm³/mol. The molecular weight excluding hydrogens is 434 g/mol. The number of nitrogens with one attached hydrogen (secondary N) is 1. The van der Waals surface area contributed by atoms with Gasteiger partial charge < -0.3 is 10.2 Å². The van der Waals surface area contributed by atoms with E-state index in [1.54, 1.807) is 4.90 Å². The van der Waals surface area contributed by atoms with E-state index in [9.17, 15) is 9.59 Å². The van der Waals surface area contributed by atoms with E-state index in [4.69, 9.17) is 0 Å². The van der Waals surface area contributed by atoms with Crippen LogP contribution < -0.4 is 10.2 Å². The van der Waals surface area contributed by atoms with Crippen molar-refractivity contribution in [1.29, 1.82) is 0 Å². The molecule has 2 amide bonds. The maximum absolute atomic E-state index is 13.3. The average Bonchev–Trinajstić information content (AvgIpc) is 3.03. The van der Waals surface area contributed by atoms with E-state index in [1.807, 2.05) is 43.4 Å². The average molecular weight is 468 g/mol. The number of aryl methyl sites for hydroxylation is 1. The lowest BCUT2D eigenvalue weighted by Crippen LogP contribution is -2.29. The molecule has 5 nitrogen and oxygen atoms in total. The van der Waals surface area contributed by atoms with Gasteiger partial charge in [0.25, 0.3) is 5.91 Å². The van der Waals surface area contributed by atoms with E-state index in [-0.39, 0.29) is 11.8 Å². The lowest BCUT2D eigenvalue weighted by molar-refractivity contribution is -0.118. The monoisotopic (exact) mass is 467 g/mol. The van der Waals surface area contributed by atoms with Gasteiger partial charge in [-0.1, -0.05) is 48.9 Å². The fraction of sp³-hybridized carbons (Fsp3) is 0.333. The third-order valence-electron chi connectivity index (χ3n) is 7.21. The fourth-order valence-corrected chi connectivity index (χ4v) is 5.22. The van der Waals surface area contributed by atoms with E-state index in [1.165, 1.54) is 36.0 Å². The Bertz CT molecular complexity index is 1220. The van der Waals surface area contributed by atoms with Crippen molar-refractivity contribution in [3.63, 3.8) is 0 Å². The molecule has 2 heterocycles. The van der Waals surface area contributed by atoms with Gasteiger partial charge in [0.2, 0.25) is 5.91 Å². The zero-order valence-corrected chi connectivity index (χ0v) is 20.4. The van der Waals surface area contributed by atoms with Crippen LogP contribution in [-0.4, -0.2) is 36.9 Å². The molecule has 3 aromatic carbocycles. The molecule has 3 aromatic rings. The summed E-state index contributed by atoms with van der Waals surface area (Å²) in [5, 5.41) is 3.06. The van der Waals surface area contributed by atoms with Crippen LogP contribution in [0.15, 0.2) is 66.7 Å². The SMILES string of the molecule is CN1C(=O)CCCc2ccc(NC(=O)c3ccc(-c4ccccc4)c(CN4CCCCC4)c3)cc21. The van der Waals surface area contributed by atoms with E-state index in [0.29, 0.717) is 17.7 Å². The first-order chi connectivity index (χ1) is 17.1. The summed E-state index contributed by atoms with van der Waals surface area (Å²) in [6.45, 7) is 3.05. The molecule has 0 aromatic heterocycles. The molecule has 1 N–H and O–H groups in total. The van der Waals surface area contributed by atoms with Gasteiger partial charge in [0.05, 0.1) is 0 Å². The molecule has 0 radical (unpaired) electrons. The van der Waals surface area contributed by atoms with Crippen LogP contribution in [0, 0.1) is 0 Å². The summed E-state index contributed by atoms with van der Waals surface area (Å²) >= 11 is 0. The molecular formula is C30H33N3O2. The summed E-state index contributed by atoms with van der Waals surface area (Å²) < 4.78 is 0. The van der Waals surface area contributed by atoms with Crippen LogP contribution in [0.3, 0.4) is 0 Å². The van der Waals surface area contributed by atoms with Crippen molar-refractivity contribution in [3.05, 3.63) is 83.4 Å². The molecule has 1 fully saturated rings. The molecule has 0 spiro atoms. The Morgan fingerprint density at radius 3 is 2.49 bits per heavy atom. The summed E-state index contributed by atoms with van der Waals surface area (Å²) in [6.07, 6.45) is 6.05. The molecule has 0 saturated carbocycles. The predicted octanol–water partition coefficient (Wildman–Crippen LogP) is 5.89. The van der Waals surface area contributed by atoms with E-state index in [2.05, 4.69) is 40.5 Å². The maximum atomic E-state index is 13.3. The summed E-state index contributed by atoms with van der Waals surface area (Å²) in [5.74, 6) is -0.0156. The number of rotatable bonds is 5. The molecule has 2 aliphatic heterocycles. The molecule has 5 rings (SSSR count). The minimum Gasteiger partial charge on any atom is -0.322 e. The van der Waals surface area contributed by atoms with Crippen LogP contribution in [0.4, 0.5) is 11.4 Å². The number of hydrogen-bond donors (Lipinski definition) is 1. The van der Waals surface area contributed by atoms with Gasteiger partial charge in [0, 0.05) is 37.0 Å². The van der Waals surface area contributed by atoms with Crippen molar-refractivity contribution in [3.8, 4) is 11.1 Å². The zero-order chi connectivity index (χ0) is 24.2. The Kier molecular flexibility index (Phi) is 6.96. The van der Waals surface area contributed by atoms with Gasteiger partial charge >= 0.3 is 0 Å². The van der Waals surface area contributed by atoms with E-state index >= 15 is 0 Å². The third kappa shape index (κ3) is 5.30. The number of carbonyl (C=O) groups excluding carboxylic acids is 2. The first-order valence-electron chi connectivity index (χ1n) is 12.7. The maximum Gasteiger partial charge on any atom is 0.255 e. The quantitative estimate of drug-likeness (QED) is 0.509. The van der Waals surface area contributed by atoms with Crippen LogP contribution in [0.1, 0.15) is 53.6 Å². The Balaban J connectivity index is 1.41. The Morgan fingerprint density at radius 1 is 0.886 bits per heavy atom. The number of amides is 2. The van der Waals surface area contributed by atoms with Crippen molar-refractivity contribution in [2.24, 2.45) is 0 Å². The zero-order valence-electron chi connectivity index (χ0n) is 20.4. The summed E-state index contributed by atoms with van der Waals surface area (Å²) in [5.41, 5.74) is 6.92. The highest BCUT2D eigenvalue weighted by Gasteiger charge is 2.20. The molecule has 35 heavy (non-hydrogen) atoms. The van der Waals surface area contributed by atoms with Gasteiger partial charge in [0.1, 0.15) is 0 Å². The highest BCUT2D eigenvalue weighted by Crippen LogP contribution is 2.30. The van der Waals surface area contributed by atoms with Gasteiger partial charge in [-0.15, -0.1) is 0 Å². The Morgan fingerprint density at radius 2 is 1.69 bits per heavy atom. The number of anilines is 2. The lowest BCUT2D eigenvalue weighted by Gasteiger charge is -2.27. The number of fused-ring (bicyclic) bond motifs is 1. The number of nitrogens with zero attached hydrogens (tertiary/aromatic N) is 2. The smallest absolute Gasteiger partial charge is 0.255 e. The fourth-order valence-electron chi connectivity index (χ4n) is 5.22. The lowest BCUT2D eigenvalue weighted by atomic mass is 9.96. The summed E-state index contributed by atoms with van der Waals surface area (Å²) in [7, 11) is 1.81. The van der Waals surface area contributed by atoms with E-state index in [0.717, 1.165) is 43.7 Å². The second-order valence-electron chi connectivity index (χ2n) is 9.68. The number of hydrogen-bond acceptors (Lipinski definition) is 3. The summed E-state index contributed by atoms with van der Waals surface area (Å²) in [4.78, 5) is 29.8. The van der Waals surface area contributed by atoms with Crippen molar-refractivity contribution in [2.75, 3.05) is 30.4 Å². The molecule has 0 bridgehead atoms. The number of carbonyl (C=O) groups is 2. The first kappa shape index (κ1) is 23.3. The highest BCUT2D eigenvalue weighted by molar-refractivity contribution is 6.05. The van der Waals surface area contributed by atoms with Gasteiger partial charge in [-0.25, -0.2) is 0 Å². The second-order valence-corrected chi connectivity index (χ2v) is 9.68. The van der Waals surface area contributed by atoms with Crippen LogP contribution in [0.25, 0.3) is 11.1 Å².